The summed E-state index contributed by atoms with van der Waals surface area (Å²) in [5, 5.41) is 9.02. The molecule has 0 aliphatic carbocycles. The maximum atomic E-state index is 12.3. The fourth-order valence-electron chi connectivity index (χ4n) is 1.79. The number of aryl methyl sites for hydroxylation is 2. The molecule has 0 spiro atoms. The summed E-state index contributed by atoms with van der Waals surface area (Å²) in [5.74, 6) is -0.181. The molecule has 0 aliphatic heterocycles. The van der Waals surface area contributed by atoms with E-state index in [4.69, 9.17) is 11.6 Å². The highest BCUT2D eigenvalue weighted by molar-refractivity contribution is 9.10. The summed E-state index contributed by atoms with van der Waals surface area (Å²) in [7, 11) is 3.46. The van der Waals surface area contributed by atoms with Crippen molar-refractivity contribution in [2.24, 2.45) is 7.05 Å². The lowest BCUT2D eigenvalue weighted by Crippen LogP contribution is -2.27. The van der Waals surface area contributed by atoms with Gasteiger partial charge in [-0.05, 0) is 22.9 Å². The number of amides is 1. The van der Waals surface area contributed by atoms with Gasteiger partial charge in [0.05, 0.1) is 16.0 Å². The molecular formula is C12H15BrClN5O. The second kappa shape index (κ2) is 5.97. The molecule has 8 heteroatoms. The monoisotopic (exact) mass is 359 g/mol. The van der Waals surface area contributed by atoms with Gasteiger partial charge in [0.1, 0.15) is 5.69 Å². The van der Waals surface area contributed by atoms with E-state index in [-0.39, 0.29) is 5.91 Å². The number of carbonyl (C=O) groups excluding carboxylic acids is 1. The maximum Gasteiger partial charge on any atom is 0.275 e. The first kappa shape index (κ1) is 15.1. The van der Waals surface area contributed by atoms with Crippen LogP contribution >= 0.6 is 27.5 Å². The van der Waals surface area contributed by atoms with Crippen LogP contribution in [0.3, 0.4) is 0 Å². The molecule has 0 aromatic carbocycles. The molecule has 0 unspecified atom stereocenters. The molecule has 2 aromatic rings. The van der Waals surface area contributed by atoms with Gasteiger partial charge in [0.25, 0.3) is 5.91 Å². The van der Waals surface area contributed by atoms with E-state index in [1.54, 1.807) is 40.8 Å². The normalized spacial score (nSPS) is 10.8. The molecular weight excluding hydrogens is 346 g/mol. The zero-order chi connectivity index (χ0) is 14.9. The minimum absolute atomic E-state index is 0.181. The Labute approximate surface area is 130 Å². The van der Waals surface area contributed by atoms with E-state index < -0.39 is 0 Å². The first-order chi connectivity index (χ1) is 9.42. The summed E-state index contributed by atoms with van der Waals surface area (Å²) in [4.78, 5) is 13.9. The molecule has 1 amide bonds. The summed E-state index contributed by atoms with van der Waals surface area (Å²) in [6, 6.07) is 0. The van der Waals surface area contributed by atoms with Crippen LogP contribution in [0.1, 0.15) is 23.1 Å². The van der Waals surface area contributed by atoms with Crippen molar-refractivity contribution in [1.82, 2.24) is 24.5 Å². The molecule has 20 heavy (non-hydrogen) atoms. The van der Waals surface area contributed by atoms with Crippen LogP contribution in [0.2, 0.25) is 5.02 Å². The standard InChI is InChI=1S/C12H15BrClN5O/c1-4-19-6-9(14)10(15-19)7-17(2)12(20)11-8(13)5-18(3)16-11/h5-6H,4,7H2,1-3H3. The van der Waals surface area contributed by atoms with Crippen molar-refractivity contribution in [3.05, 3.63) is 33.3 Å². The summed E-state index contributed by atoms with van der Waals surface area (Å²) in [5.41, 5.74) is 1.05. The number of nitrogens with zero attached hydrogens (tertiary/aromatic N) is 5. The molecule has 2 heterocycles. The van der Waals surface area contributed by atoms with Gasteiger partial charge in [-0.2, -0.15) is 10.2 Å². The minimum atomic E-state index is -0.181. The van der Waals surface area contributed by atoms with Gasteiger partial charge in [0, 0.05) is 33.0 Å². The highest BCUT2D eigenvalue weighted by Gasteiger charge is 2.20. The van der Waals surface area contributed by atoms with Crippen LogP contribution in [0.25, 0.3) is 0 Å². The van der Waals surface area contributed by atoms with E-state index in [0.29, 0.717) is 27.4 Å². The van der Waals surface area contributed by atoms with Crippen molar-refractivity contribution >= 4 is 33.4 Å². The molecule has 0 N–H and O–H groups in total. The second-order valence-corrected chi connectivity index (χ2v) is 5.70. The molecule has 0 radical (unpaired) electrons. The van der Waals surface area contributed by atoms with E-state index in [1.807, 2.05) is 6.92 Å². The van der Waals surface area contributed by atoms with Crippen LogP contribution in [0, 0.1) is 0 Å². The Kier molecular flexibility index (Phi) is 4.49. The van der Waals surface area contributed by atoms with Gasteiger partial charge in [0.2, 0.25) is 0 Å². The summed E-state index contributed by atoms with van der Waals surface area (Å²) in [6.45, 7) is 3.06. The van der Waals surface area contributed by atoms with Crippen molar-refractivity contribution in [3.63, 3.8) is 0 Å². The first-order valence-electron chi connectivity index (χ1n) is 6.08. The second-order valence-electron chi connectivity index (χ2n) is 4.44. The third-order valence-corrected chi connectivity index (χ3v) is 3.73. The van der Waals surface area contributed by atoms with E-state index in [1.165, 1.54) is 0 Å². The van der Waals surface area contributed by atoms with Crippen LogP contribution in [0.15, 0.2) is 16.9 Å². The third-order valence-electron chi connectivity index (χ3n) is 2.83. The topological polar surface area (TPSA) is 56.0 Å². The highest BCUT2D eigenvalue weighted by Crippen LogP contribution is 2.19. The number of rotatable bonds is 4. The van der Waals surface area contributed by atoms with E-state index >= 15 is 0 Å². The average Bonchev–Trinajstić information content (AvgIpc) is 2.91. The number of hydrogen-bond donors (Lipinski definition) is 0. The lowest BCUT2D eigenvalue weighted by atomic mass is 10.3. The van der Waals surface area contributed by atoms with Gasteiger partial charge in [-0.25, -0.2) is 0 Å². The van der Waals surface area contributed by atoms with Crippen LogP contribution in [0.4, 0.5) is 0 Å². The third kappa shape index (κ3) is 3.04. The SMILES string of the molecule is CCn1cc(Cl)c(CN(C)C(=O)c2nn(C)cc2Br)n1. The lowest BCUT2D eigenvalue weighted by molar-refractivity contribution is 0.0775. The molecule has 0 fully saturated rings. The Morgan fingerprint density at radius 2 is 2.15 bits per heavy atom. The average molecular weight is 361 g/mol. The smallest absolute Gasteiger partial charge is 0.275 e. The van der Waals surface area contributed by atoms with Crippen molar-refractivity contribution in [2.45, 2.75) is 20.0 Å². The summed E-state index contributed by atoms with van der Waals surface area (Å²) < 4.78 is 4.00. The number of halogens is 2. The van der Waals surface area contributed by atoms with Crippen LogP contribution < -0.4 is 0 Å². The van der Waals surface area contributed by atoms with Crippen LogP contribution in [-0.4, -0.2) is 37.4 Å². The van der Waals surface area contributed by atoms with E-state index in [2.05, 4.69) is 26.1 Å². The Balaban J connectivity index is 2.15. The first-order valence-corrected chi connectivity index (χ1v) is 7.26. The quantitative estimate of drug-likeness (QED) is 0.841. The van der Waals surface area contributed by atoms with E-state index in [9.17, 15) is 4.79 Å². The van der Waals surface area contributed by atoms with Gasteiger partial charge in [-0.15, -0.1) is 0 Å². The van der Waals surface area contributed by atoms with Crippen LogP contribution in [0.5, 0.6) is 0 Å². The fraction of sp³-hybridized carbons (Fsp3) is 0.417. The molecule has 2 rings (SSSR count). The molecule has 0 atom stereocenters. The predicted molar refractivity (Wildman–Crippen MR) is 79.6 cm³/mol. The maximum absolute atomic E-state index is 12.3. The number of hydrogen-bond acceptors (Lipinski definition) is 3. The van der Waals surface area contributed by atoms with Gasteiger partial charge < -0.3 is 4.90 Å². The van der Waals surface area contributed by atoms with Gasteiger partial charge in [0.15, 0.2) is 5.69 Å². The molecule has 0 saturated carbocycles. The Morgan fingerprint density at radius 3 is 2.65 bits per heavy atom. The Morgan fingerprint density at radius 1 is 1.45 bits per heavy atom. The van der Waals surface area contributed by atoms with Gasteiger partial charge in [-0.3, -0.25) is 14.2 Å². The summed E-state index contributed by atoms with van der Waals surface area (Å²) >= 11 is 9.43. The number of aromatic nitrogens is 4. The fourth-order valence-corrected chi connectivity index (χ4v) is 2.54. The zero-order valence-corrected chi connectivity index (χ0v) is 13.8. The zero-order valence-electron chi connectivity index (χ0n) is 11.5. The van der Waals surface area contributed by atoms with Crippen molar-refractivity contribution < 1.29 is 4.79 Å². The number of carbonyl (C=O) groups is 1. The van der Waals surface area contributed by atoms with Crippen molar-refractivity contribution in [3.8, 4) is 0 Å². The van der Waals surface area contributed by atoms with Crippen molar-refractivity contribution in [1.29, 1.82) is 0 Å². The minimum Gasteiger partial charge on any atom is -0.334 e. The van der Waals surface area contributed by atoms with E-state index in [0.717, 1.165) is 6.54 Å². The highest BCUT2D eigenvalue weighted by atomic mass is 79.9. The molecule has 0 aliphatic rings. The lowest BCUT2D eigenvalue weighted by Gasteiger charge is -2.14. The molecule has 0 bridgehead atoms. The largest absolute Gasteiger partial charge is 0.334 e. The Bertz CT molecular complexity index is 636. The van der Waals surface area contributed by atoms with Gasteiger partial charge >= 0.3 is 0 Å². The van der Waals surface area contributed by atoms with Gasteiger partial charge in [-0.1, -0.05) is 11.6 Å². The Hall–Kier alpha value is -1.34. The molecule has 0 saturated heterocycles. The molecule has 6 nitrogen and oxygen atoms in total. The van der Waals surface area contributed by atoms with Crippen LogP contribution in [-0.2, 0) is 20.1 Å². The predicted octanol–water partition coefficient (Wildman–Crippen LogP) is 2.32. The molecule has 108 valence electrons. The molecule has 2 aromatic heterocycles. The summed E-state index contributed by atoms with van der Waals surface area (Å²) in [6.07, 6.45) is 3.49. The van der Waals surface area contributed by atoms with Crippen molar-refractivity contribution in [2.75, 3.05) is 7.05 Å².